The first kappa shape index (κ1) is 11.9. The highest BCUT2D eigenvalue weighted by molar-refractivity contribution is 6.31. The molecule has 0 radical (unpaired) electrons. The molecule has 0 aliphatic heterocycles. The first-order valence-electron chi connectivity index (χ1n) is 4.66. The third kappa shape index (κ3) is 2.86. The number of hydrogen-bond donors (Lipinski definition) is 1. The van der Waals surface area contributed by atoms with E-state index in [-0.39, 0.29) is 5.91 Å². The lowest BCUT2D eigenvalue weighted by Gasteiger charge is -2.12. The van der Waals surface area contributed by atoms with Crippen molar-refractivity contribution in [3.8, 4) is 0 Å². The minimum absolute atomic E-state index is 0.0288. The second-order valence-electron chi connectivity index (χ2n) is 3.77. The van der Waals surface area contributed by atoms with Gasteiger partial charge in [-0.1, -0.05) is 17.7 Å². The van der Waals surface area contributed by atoms with E-state index in [2.05, 4.69) is 0 Å². The van der Waals surface area contributed by atoms with Gasteiger partial charge >= 0.3 is 0 Å². The van der Waals surface area contributed by atoms with Crippen LogP contribution in [0.25, 0.3) is 0 Å². The van der Waals surface area contributed by atoms with E-state index in [1.54, 1.807) is 25.1 Å². The summed E-state index contributed by atoms with van der Waals surface area (Å²) in [6.45, 7) is 1.90. The third-order valence-corrected chi connectivity index (χ3v) is 2.63. The van der Waals surface area contributed by atoms with E-state index >= 15 is 0 Å². The van der Waals surface area contributed by atoms with Crippen LogP contribution >= 0.6 is 11.6 Å². The molecule has 0 aliphatic rings. The van der Waals surface area contributed by atoms with Crippen molar-refractivity contribution in [2.24, 2.45) is 0 Å². The monoisotopic (exact) mass is 226 g/mol. The molecule has 0 atom stereocenters. The molecule has 2 N–H and O–H groups in total. The Morgan fingerprint density at radius 3 is 2.60 bits per heavy atom. The molecular formula is C11H15ClN2O. The van der Waals surface area contributed by atoms with Crippen molar-refractivity contribution in [2.75, 3.05) is 19.8 Å². The molecule has 1 rings (SSSR count). The number of nitrogens with two attached hydrogens (primary N) is 1. The zero-order valence-electron chi connectivity index (χ0n) is 9.17. The summed E-state index contributed by atoms with van der Waals surface area (Å²) in [5.74, 6) is 0.0288. The molecule has 0 aliphatic carbocycles. The number of amides is 1. The van der Waals surface area contributed by atoms with Crippen molar-refractivity contribution in [3.63, 3.8) is 0 Å². The van der Waals surface area contributed by atoms with Crippen LogP contribution < -0.4 is 5.73 Å². The molecule has 0 saturated carbocycles. The number of anilines is 1. The number of nitrogens with zero attached hydrogens (tertiary/aromatic N) is 1. The smallest absolute Gasteiger partial charge is 0.226 e. The Kier molecular flexibility index (Phi) is 3.58. The molecule has 0 saturated heterocycles. The van der Waals surface area contributed by atoms with Crippen molar-refractivity contribution in [3.05, 3.63) is 28.3 Å². The lowest BCUT2D eigenvalue weighted by Crippen LogP contribution is -2.23. The number of hydrogen-bond acceptors (Lipinski definition) is 2. The topological polar surface area (TPSA) is 46.3 Å². The Hall–Kier alpha value is -1.22. The summed E-state index contributed by atoms with van der Waals surface area (Å²) < 4.78 is 0. The molecule has 0 bridgehead atoms. The van der Waals surface area contributed by atoms with Crippen molar-refractivity contribution < 1.29 is 4.79 Å². The Balaban J connectivity index is 2.96. The fourth-order valence-corrected chi connectivity index (χ4v) is 1.45. The zero-order valence-corrected chi connectivity index (χ0v) is 9.93. The second-order valence-corrected chi connectivity index (χ2v) is 4.17. The number of likely N-dealkylation sites (N-methyl/N-ethyl adjacent to an activating group) is 1. The van der Waals surface area contributed by atoms with Gasteiger partial charge in [-0.15, -0.1) is 0 Å². The number of benzene rings is 1. The van der Waals surface area contributed by atoms with Gasteiger partial charge in [-0.3, -0.25) is 4.79 Å². The molecule has 1 amide bonds. The molecule has 1 aromatic rings. The number of rotatable bonds is 2. The molecule has 3 nitrogen and oxygen atoms in total. The van der Waals surface area contributed by atoms with Crippen LogP contribution in [0.5, 0.6) is 0 Å². The highest BCUT2D eigenvalue weighted by Crippen LogP contribution is 2.23. The maximum Gasteiger partial charge on any atom is 0.226 e. The van der Waals surface area contributed by atoms with Crippen LogP contribution in [0.3, 0.4) is 0 Å². The lowest BCUT2D eigenvalue weighted by molar-refractivity contribution is -0.127. The molecule has 15 heavy (non-hydrogen) atoms. The fourth-order valence-electron chi connectivity index (χ4n) is 1.21. The largest absolute Gasteiger partial charge is 0.398 e. The molecule has 0 unspecified atom stereocenters. The minimum Gasteiger partial charge on any atom is -0.398 e. The van der Waals surface area contributed by atoms with E-state index < -0.39 is 0 Å². The van der Waals surface area contributed by atoms with Crippen LogP contribution in [0.1, 0.15) is 11.1 Å². The van der Waals surface area contributed by atoms with Gasteiger partial charge in [-0.25, -0.2) is 0 Å². The van der Waals surface area contributed by atoms with Gasteiger partial charge in [0.15, 0.2) is 0 Å². The van der Waals surface area contributed by atoms with Crippen LogP contribution in [-0.4, -0.2) is 24.9 Å². The maximum atomic E-state index is 11.5. The molecule has 0 fully saturated rings. The molecule has 1 aromatic carbocycles. The molecule has 82 valence electrons. The molecule has 0 spiro atoms. The highest BCUT2D eigenvalue weighted by atomic mass is 35.5. The Morgan fingerprint density at radius 2 is 2.07 bits per heavy atom. The Bertz CT molecular complexity index is 388. The maximum absolute atomic E-state index is 11.5. The Morgan fingerprint density at radius 1 is 1.47 bits per heavy atom. The summed E-state index contributed by atoms with van der Waals surface area (Å²) in [6.07, 6.45) is 0.312. The van der Waals surface area contributed by atoms with E-state index in [0.717, 1.165) is 11.1 Å². The van der Waals surface area contributed by atoms with Gasteiger partial charge in [0.1, 0.15) is 0 Å². The van der Waals surface area contributed by atoms with Crippen LogP contribution in [-0.2, 0) is 11.2 Å². The van der Waals surface area contributed by atoms with Gasteiger partial charge in [-0.2, -0.15) is 0 Å². The number of carbonyl (C=O) groups is 1. The van der Waals surface area contributed by atoms with Gasteiger partial charge < -0.3 is 10.6 Å². The molecular weight excluding hydrogens is 212 g/mol. The highest BCUT2D eigenvalue weighted by Gasteiger charge is 2.10. The second kappa shape index (κ2) is 4.53. The fraction of sp³-hybridized carbons (Fsp3) is 0.364. The lowest BCUT2D eigenvalue weighted by atomic mass is 10.1. The minimum atomic E-state index is 0.0288. The summed E-state index contributed by atoms with van der Waals surface area (Å²) in [4.78, 5) is 13.0. The molecule has 0 aromatic heterocycles. The average molecular weight is 227 g/mol. The molecule has 0 heterocycles. The summed E-state index contributed by atoms with van der Waals surface area (Å²) in [5.41, 5.74) is 8.12. The van der Waals surface area contributed by atoms with Gasteiger partial charge in [0.05, 0.1) is 6.42 Å². The number of halogens is 1. The average Bonchev–Trinajstić information content (AvgIpc) is 2.13. The van der Waals surface area contributed by atoms with Crippen LogP contribution in [0.2, 0.25) is 5.02 Å². The Labute approximate surface area is 94.8 Å². The van der Waals surface area contributed by atoms with Gasteiger partial charge in [0, 0.05) is 24.8 Å². The van der Waals surface area contributed by atoms with Gasteiger partial charge in [-0.05, 0) is 24.1 Å². The zero-order chi connectivity index (χ0) is 11.6. The van der Waals surface area contributed by atoms with Gasteiger partial charge in [0.2, 0.25) is 5.91 Å². The van der Waals surface area contributed by atoms with Gasteiger partial charge in [0.25, 0.3) is 0 Å². The van der Waals surface area contributed by atoms with Crippen molar-refractivity contribution in [1.82, 2.24) is 4.90 Å². The van der Waals surface area contributed by atoms with E-state index in [4.69, 9.17) is 17.3 Å². The standard InChI is InChI=1S/C11H15ClN2O/c1-7-4-8(5-11(15)14(2)3)9(12)6-10(7)13/h4,6H,5,13H2,1-3H3. The van der Waals surface area contributed by atoms with Crippen molar-refractivity contribution in [2.45, 2.75) is 13.3 Å². The normalized spacial score (nSPS) is 10.1. The summed E-state index contributed by atoms with van der Waals surface area (Å²) in [6, 6.07) is 3.55. The van der Waals surface area contributed by atoms with Crippen LogP contribution in [0.15, 0.2) is 12.1 Å². The predicted molar refractivity (Wildman–Crippen MR) is 63.0 cm³/mol. The first-order valence-corrected chi connectivity index (χ1v) is 5.04. The number of aryl methyl sites for hydroxylation is 1. The van der Waals surface area contributed by atoms with Crippen LogP contribution in [0, 0.1) is 6.92 Å². The third-order valence-electron chi connectivity index (χ3n) is 2.28. The van der Waals surface area contributed by atoms with E-state index in [1.807, 2.05) is 13.0 Å². The number of carbonyl (C=O) groups excluding carboxylic acids is 1. The molecule has 4 heteroatoms. The quantitative estimate of drug-likeness (QED) is 0.783. The van der Waals surface area contributed by atoms with Crippen molar-refractivity contribution in [1.29, 1.82) is 0 Å². The summed E-state index contributed by atoms with van der Waals surface area (Å²) >= 11 is 6.00. The SMILES string of the molecule is Cc1cc(CC(=O)N(C)C)c(Cl)cc1N. The summed E-state index contributed by atoms with van der Waals surface area (Å²) in [7, 11) is 3.45. The summed E-state index contributed by atoms with van der Waals surface area (Å²) in [5, 5.41) is 0.549. The predicted octanol–water partition coefficient (Wildman–Crippen LogP) is 1.86. The van der Waals surface area contributed by atoms with Crippen LogP contribution in [0.4, 0.5) is 5.69 Å². The van der Waals surface area contributed by atoms with E-state index in [9.17, 15) is 4.79 Å². The van der Waals surface area contributed by atoms with E-state index in [0.29, 0.717) is 17.1 Å². The van der Waals surface area contributed by atoms with Crippen molar-refractivity contribution >= 4 is 23.2 Å². The van der Waals surface area contributed by atoms with E-state index in [1.165, 1.54) is 0 Å². The number of nitrogen functional groups attached to an aromatic ring is 1. The first-order chi connectivity index (χ1) is 6.91.